The first-order chi connectivity index (χ1) is 11.2. The second-order valence-electron chi connectivity index (χ2n) is 4.79. The van der Waals surface area contributed by atoms with Crippen molar-refractivity contribution in [2.45, 2.75) is 29.9 Å². The molecule has 0 amide bonds. The molecule has 0 saturated carbocycles. The standard InChI is InChI=1S/C6H6O3S.C5H9NO2.C3H8O3/c7-10(8,9)6-4-2-1-3-5-6;7-5(8)4-2-1-3-6-4;4-1-3(6)2-5/h1-5H,(H,7,8,9);4,6H,1-3H2,(H,7,8);3-6H,1-2H2/t;4-;/m.0./s1. The largest absolute Gasteiger partial charge is 0.480 e. The van der Waals surface area contributed by atoms with Crippen LogP contribution in [0.3, 0.4) is 0 Å². The second-order valence-corrected chi connectivity index (χ2v) is 6.22. The van der Waals surface area contributed by atoms with E-state index in [-0.39, 0.29) is 24.2 Å². The zero-order valence-electron chi connectivity index (χ0n) is 12.9. The lowest BCUT2D eigenvalue weighted by molar-refractivity contribution is -0.139. The molecule has 10 heteroatoms. The maximum absolute atomic E-state index is 10.4. The quantitative estimate of drug-likeness (QED) is 0.370. The Labute approximate surface area is 140 Å². The van der Waals surface area contributed by atoms with Gasteiger partial charge in [-0.15, -0.1) is 0 Å². The van der Waals surface area contributed by atoms with E-state index >= 15 is 0 Å². The van der Waals surface area contributed by atoms with Crippen LogP contribution in [0.1, 0.15) is 12.8 Å². The van der Waals surface area contributed by atoms with Gasteiger partial charge in [-0.3, -0.25) is 9.35 Å². The number of benzene rings is 1. The van der Waals surface area contributed by atoms with Crippen LogP contribution in [-0.4, -0.2) is 71.3 Å². The monoisotopic (exact) mass is 365 g/mol. The first-order valence-corrected chi connectivity index (χ1v) is 8.54. The number of hydrogen-bond acceptors (Lipinski definition) is 7. The number of nitrogens with one attached hydrogen (secondary N) is 1. The maximum Gasteiger partial charge on any atom is 0.320 e. The Morgan fingerprint density at radius 3 is 1.96 bits per heavy atom. The minimum atomic E-state index is -4.00. The Kier molecular flexibility index (Phi) is 11.1. The molecule has 138 valence electrons. The van der Waals surface area contributed by atoms with Gasteiger partial charge in [-0.1, -0.05) is 18.2 Å². The Hall–Kier alpha value is -1.56. The van der Waals surface area contributed by atoms with Gasteiger partial charge in [-0.25, -0.2) is 0 Å². The van der Waals surface area contributed by atoms with Crippen molar-refractivity contribution in [1.29, 1.82) is 0 Å². The van der Waals surface area contributed by atoms with Crippen LogP contribution in [-0.2, 0) is 14.9 Å². The normalized spacial score (nSPS) is 16.6. The smallest absolute Gasteiger partial charge is 0.320 e. The fraction of sp³-hybridized carbons (Fsp3) is 0.500. The molecule has 0 unspecified atom stereocenters. The molecule has 1 saturated heterocycles. The molecule has 0 aliphatic carbocycles. The number of aliphatic hydroxyl groups excluding tert-OH is 3. The second kappa shape index (κ2) is 11.9. The summed E-state index contributed by atoms with van der Waals surface area (Å²) < 4.78 is 29.2. The number of hydrogen-bond donors (Lipinski definition) is 6. The number of aliphatic hydroxyl groups is 3. The molecule has 0 bridgehead atoms. The van der Waals surface area contributed by atoms with E-state index in [2.05, 4.69) is 5.32 Å². The summed E-state index contributed by atoms with van der Waals surface area (Å²) >= 11 is 0. The average Bonchev–Trinajstić information content (AvgIpc) is 3.10. The van der Waals surface area contributed by atoms with Crippen LogP contribution >= 0.6 is 0 Å². The number of rotatable bonds is 4. The van der Waals surface area contributed by atoms with Gasteiger partial charge in [0.1, 0.15) is 12.1 Å². The molecule has 0 radical (unpaired) electrons. The first kappa shape index (κ1) is 22.4. The molecule has 1 aromatic carbocycles. The molecule has 24 heavy (non-hydrogen) atoms. The Morgan fingerprint density at radius 2 is 1.75 bits per heavy atom. The number of carboxylic acids is 1. The number of aliphatic carboxylic acids is 1. The van der Waals surface area contributed by atoms with Crippen molar-refractivity contribution in [3.8, 4) is 0 Å². The predicted octanol–water partition coefficient (Wildman–Crippen LogP) is -0.912. The molecule has 1 heterocycles. The van der Waals surface area contributed by atoms with Crippen LogP contribution in [0.2, 0.25) is 0 Å². The van der Waals surface area contributed by atoms with Crippen LogP contribution in [0, 0.1) is 0 Å². The summed E-state index contributed by atoms with van der Waals surface area (Å²) in [6, 6.07) is 7.15. The van der Waals surface area contributed by atoms with Gasteiger partial charge < -0.3 is 25.7 Å². The van der Waals surface area contributed by atoms with Crippen molar-refractivity contribution in [2.24, 2.45) is 0 Å². The molecule has 1 aliphatic rings. The molecular formula is C14H23NO8S. The summed E-state index contributed by atoms with van der Waals surface area (Å²) in [5.41, 5.74) is 0. The highest BCUT2D eigenvalue weighted by molar-refractivity contribution is 7.85. The fourth-order valence-corrected chi connectivity index (χ4v) is 2.05. The van der Waals surface area contributed by atoms with E-state index in [1.54, 1.807) is 18.2 Å². The van der Waals surface area contributed by atoms with Crippen molar-refractivity contribution in [1.82, 2.24) is 5.32 Å². The molecule has 1 aromatic rings. The lowest BCUT2D eigenvalue weighted by Crippen LogP contribution is -2.29. The highest BCUT2D eigenvalue weighted by atomic mass is 32.2. The first-order valence-electron chi connectivity index (χ1n) is 7.10. The molecular weight excluding hydrogens is 342 g/mol. The average molecular weight is 365 g/mol. The van der Waals surface area contributed by atoms with Gasteiger partial charge in [0, 0.05) is 0 Å². The van der Waals surface area contributed by atoms with Crippen molar-refractivity contribution < 1.29 is 38.2 Å². The SMILES string of the molecule is O=C(O)[C@@H]1CCCN1.O=S(=O)(O)c1ccccc1.OCC(O)CO. The minimum absolute atomic E-state index is 0.0741. The molecule has 6 N–H and O–H groups in total. The van der Waals surface area contributed by atoms with E-state index in [9.17, 15) is 13.2 Å². The van der Waals surface area contributed by atoms with Gasteiger partial charge in [-0.2, -0.15) is 8.42 Å². The molecule has 1 aliphatic heterocycles. The van der Waals surface area contributed by atoms with E-state index in [1.807, 2.05) is 0 Å². The topological polar surface area (TPSA) is 164 Å². The van der Waals surface area contributed by atoms with Crippen molar-refractivity contribution in [2.75, 3.05) is 19.8 Å². The Bertz CT molecular complexity index is 553. The van der Waals surface area contributed by atoms with Crippen LogP contribution in [0.15, 0.2) is 35.2 Å². The Balaban J connectivity index is 0.000000343. The van der Waals surface area contributed by atoms with E-state index < -0.39 is 22.2 Å². The predicted molar refractivity (Wildman–Crippen MR) is 85.1 cm³/mol. The highest BCUT2D eigenvalue weighted by Crippen LogP contribution is 2.05. The molecule has 0 aromatic heterocycles. The van der Waals surface area contributed by atoms with E-state index in [1.165, 1.54) is 12.1 Å². The maximum atomic E-state index is 10.4. The van der Waals surface area contributed by atoms with E-state index in [0.717, 1.165) is 19.4 Å². The van der Waals surface area contributed by atoms with Gasteiger partial charge in [0.25, 0.3) is 10.1 Å². The summed E-state index contributed by atoms with van der Waals surface area (Å²) in [4.78, 5) is 10.1. The third-order valence-electron chi connectivity index (χ3n) is 2.82. The lowest BCUT2D eigenvalue weighted by atomic mass is 10.2. The van der Waals surface area contributed by atoms with Crippen molar-refractivity contribution >= 4 is 16.1 Å². The molecule has 0 spiro atoms. The zero-order valence-corrected chi connectivity index (χ0v) is 13.8. The van der Waals surface area contributed by atoms with Crippen LogP contribution in [0.25, 0.3) is 0 Å². The van der Waals surface area contributed by atoms with Gasteiger partial charge in [-0.05, 0) is 31.5 Å². The minimum Gasteiger partial charge on any atom is -0.480 e. The fourth-order valence-electron chi connectivity index (χ4n) is 1.55. The molecule has 1 fully saturated rings. The van der Waals surface area contributed by atoms with Gasteiger partial charge >= 0.3 is 5.97 Å². The third kappa shape index (κ3) is 10.3. The third-order valence-corrected chi connectivity index (χ3v) is 3.69. The van der Waals surface area contributed by atoms with Gasteiger partial charge in [0.2, 0.25) is 0 Å². The molecule has 1 atom stereocenters. The summed E-state index contributed by atoms with van der Waals surface area (Å²) in [7, 11) is -4.00. The number of carboxylic acid groups (broad SMARTS) is 1. The highest BCUT2D eigenvalue weighted by Gasteiger charge is 2.20. The van der Waals surface area contributed by atoms with E-state index in [0.29, 0.717) is 0 Å². The van der Waals surface area contributed by atoms with Crippen LogP contribution < -0.4 is 5.32 Å². The summed E-state index contributed by atoms with van der Waals surface area (Å²) in [6.45, 7) is 0.129. The zero-order chi connectivity index (χ0) is 18.6. The molecule has 9 nitrogen and oxygen atoms in total. The lowest BCUT2D eigenvalue weighted by Gasteiger charge is -1.99. The van der Waals surface area contributed by atoms with Gasteiger partial charge in [0.05, 0.1) is 18.1 Å². The van der Waals surface area contributed by atoms with Crippen LogP contribution in [0.4, 0.5) is 0 Å². The number of carbonyl (C=O) groups is 1. The van der Waals surface area contributed by atoms with Crippen molar-refractivity contribution in [3.63, 3.8) is 0 Å². The van der Waals surface area contributed by atoms with E-state index in [4.69, 9.17) is 25.0 Å². The summed E-state index contributed by atoms with van der Waals surface area (Å²) in [6.07, 6.45) is 0.830. The van der Waals surface area contributed by atoms with Crippen molar-refractivity contribution in [3.05, 3.63) is 30.3 Å². The summed E-state index contributed by atoms with van der Waals surface area (Å²) in [5, 5.41) is 35.2. The van der Waals surface area contributed by atoms with Crippen LogP contribution in [0.5, 0.6) is 0 Å². The molecule has 2 rings (SSSR count). The summed E-state index contributed by atoms with van der Waals surface area (Å²) in [5.74, 6) is -0.720. The Morgan fingerprint density at radius 1 is 1.21 bits per heavy atom. The van der Waals surface area contributed by atoms with Gasteiger partial charge in [0.15, 0.2) is 0 Å².